The molecule has 0 saturated carbocycles. The number of hydrogen-bond acceptors (Lipinski definition) is 12. The van der Waals surface area contributed by atoms with E-state index in [0.717, 1.165) is 12.1 Å². The Hall–Kier alpha value is -2.64. The third kappa shape index (κ3) is 5.40. The lowest BCUT2D eigenvalue weighted by Crippen LogP contribution is -2.08. The molecule has 0 bridgehead atoms. The number of halogens is 2. The van der Waals surface area contributed by atoms with Crippen molar-refractivity contribution in [3.05, 3.63) is 52.8 Å². The van der Waals surface area contributed by atoms with E-state index in [1.807, 2.05) is 0 Å². The van der Waals surface area contributed by atoms with Crippen LogP contribution in [0.4, 0.5) is 0 Å². The van der Waals surface area contributed by atoms with Crippen LogP contribution in [-0.4, -0.2) is 52.8 Å². The molecule has 3 N–H and O–H groups in total. The molecule has 0 atom stereocenters. The minimum absolute atomic E-state index is 0.0252. The predicted octanol–water partition coefficient (Wildman–Crippen LogP) is 4.62. The maximum absolute atomic E-state index is 12.4. The molecule has 0 radical (unpaired) electrons. The minimum Gasteiger partial charge on any atom is -0.492 e. The van der Waals surface area contributed by atoms with E-state index in [2.05, 4.69) is 24.3 Å². The van der Waals surface area contributed by atoms with Gasteiger partial charge < -0.3 is 4.74 Å². The van der Waals surface area contributed by atoms with Gasteiger partial charge in [-0.3, -0.25) is 9.11 Å². The van der Waals surface area contributed by atoms with Crippen LogP contribution in [0.15, 0.2) is 51.1 Å². The van der Waals surface area contributed by atoms with Crippen molar-refractivity contribution in [2.45, 2.75) is 21.1 Å². The Balaban J connectivity index is 1.76. The van der Waals surface area contributed by atoms with Crippen LogP contribution in [0.5, 0.6) is 5.75 Å². The van der Waals surface area contributed by atoms with E-state index in [-0.39, 0.29) is 61.6 Å². The van der Waals surface area contributed by atoms with Crippen molar-refractivity contribution >= 4 is 87.8 Å². The zero-order valence-electron chi connectivity index (χ0n) is 18.9. The maximum atomic E-state index is 12.4. The van der Waals surface area contributed by atoms with E-state index in [0.29, 0.717) is 22.8 Å². The molecule has 0 fully saturated rings. The molecule has 13 nitrogen and oxygen atoms in total. The van der Waals surface area contributed by atoms with Crippen LogP contribution >= 0.6 is 35.2 Å². The Kier molecular flexibility index (Phi) is 7.44. The SMILES string of the molecule is O=S(=O)(O)c1cc(OCCc2nc(Cl)nc(Cl)n2)c2ccc3c(SOOO)cc(S(=O)(=O)O)c4ccc1c2c34. The summed E-state index contributed by atoms with van der Waals surface area (Å²) in [6, 6.07) is 8.00. The van der Waals surface area contributed by atoms with Crippen molar-refractivity contribution in [1.82, 2.24) is 15.0 Å². The molecular weight excluding hydrogens is 621 g/mol. The smallest absolute Gasteiger partial charge is 0.295 e. The summed E-state index contributed by atoms with van der Waals surface area (Å²) in [7, 11) is -9.59. The molecule has 5 rings (SSSR count). The fourth-order valence-electron chi connectivity index (χ4n) is 4.26. The van der Waals surface area contributed by atoms with Gasteiger partial charge in [0.25, 0.3) is 20.2 Å². The Morgan fingerprint density at radius 2 is 1.33 bits per heavy atom. The molecule has 1 aromatic heterocycles. The van der Waals surface area contributed by atoms with Crippen molar-refractivity contribution in [2.24, 2.45) is 0 Å². The molecular formula is C21H13Cl2N3O10S3. The summed E-state index contributed by atoms with van der Waals surface area (Å²) in [5, 5.41) is 13.2. The fraction of sp³-hybridized carbons (Fsp3) is 0.0952. The second-order valence-electron chi connectivity index (χ2n) is 7.88. The molecule has 0 aliphatic rings. The second kappa shape index (κ2) is 10.4. The number of benzene rings is 4. The van der Waals surface area contributed by atoms with E-state index in [9.17, 15) is 25.9 Å². The number of nitrogens with zero attached hydrogens (tertiary/aromatic N) is 3. The van der Waals surface area contributed by atoms with E-state index in [1.165, 1.54) is 12.1 Å². The lowest BCUT2D eigenvalue weighted by Gasteiger charge is -2.19. The zero-order chi connectivity index (χ0) is 28.1. The summed E-state index contributed by atoms with van der Waals surface area (Å²) < 4.78 is 79.5. The summed E-state index contributed by atoms with van der Waals surface area (Å²) in [4.78, 5) is 10.6. The summed E-state index contributed by atoms with van der Waals surface area (Å²) in [6.45, 7) is -0.0788. The molecule has 0 unspecified atom stereocenters. The molecule has 1 heterocycles. The van der Waals surface area contributed by atoms with Crippen LogP contribution in [0, 0.1) is 0 Å². The molecule has 0 spiro atoms. The van der Waals surface area contributed by atoms with Gasteiger partial charge in [0, 0.05) is 44.3 Å². The van der Waals surface area contributed by atoms with Crippen molar-refractivity contribution in [2.75, 3.05) is 6.61 Å². The highest BCUT2D eigenvalue weighted by atomic mass is 35.5. The van der Waals surface area contributed by atoms with Gasteiger partial charge in [-0.25, -0.2) is 15.2 Å². The van der Waals surface area contributed by atoms with Gasteiger partial charge in [-0.05, 0) is 40.7 Å². The van der Waals surface area contributed by atoms with Crippen LogP contribution in [0.3, 0.4) is 0 Å². The summed E-state index contributed by atoms with van der Waals surface area (Å²) in [5.74, 6) is 0.232. The quantitative estimate of drug-likeness (QED) is 0.0668. The molecule has 0 saturated heterocycles. The maximum Gasteiger partial charge on any atom is 0.295 e. The first-order chi connectivity index (χ1) is 18.4. The van der Waals surface area contributed by atoms with Gasteiger partial charge in [-0.1, -0.05) is 23.2 Å². The topological polar surface area (TPSA) is 195 Å². The molecule has 39 heavy (non-hydrogen) atoms. The van der Waals surface area contributed by atoms with Crippen LogP contribution in [0.1, 0.15) is 5.82 Å². The van der Waals surface area contributed by atoms with Gasteiger partial charge in [-0.15, -0.1) is 4.33 Å². The summed E-state index contributed by atoms with van der Waals surface area (Å²) >= 11 is 12.0. The molecule has 4 aromatic carbocycles. The van der Waals surface area contributed by atoms with Crippen LogP contribution in [0.25, 0.3) is 32.3 Å². The average molecular weight is 634 g/mol. The monoisotopic (exact) mass is 633 g/mol. The van der Waals surface area contributed by atoms with Crippen molar-refractivity contribution in [1.29, 1.82) is 0 Å². The van der Waals surface area contributed by atoms with Crippen molar-refractivity contribution in [3.63, 3.8) is 0 Å². The fourth-order valence-corrected chi connectivity index (χ4v) is 6.68. The molecule has 0 aliphatic carbocycles. The molecule has 0 aliphatic heterocycles. The Morgan fingerprint density at radius 1 is 0.795 bits per heavy atom. The molecule has 204 valence electrons. The standard InChI is InChI=1S/C21H13Cl2N3O10S3/c22-20-24-17(25-21(23)26-20)5-6-34-13-7-15(38(28,29)30)11-3-4-12-16(39(31,32)33)8-14(37-36-35-27)10-2-1-9(13)18(11)19(10)12/h1-4,7-8,27H,5-6H2,(H,28,29,30)(H,31,32,33). The predicted molar refractivity (Wildman–Crippen MR) is 139 cm³/mol. The molecule has 0 amide bonds. The minimum atomic E-state index is -4.80. The molecule has 18 heteroatoms. The first-order valence-electron chi connectivity index (χ1n) is 10.5. The summed E-state index contributed by atoms with van der Waals surface area (Å²) in [5.41, 5.74) is 0. The number of rotatable bonds is 9. The Morgan fingerprint density at radius 3 is 1.92 bits per heavy atom. The zero-order valence-corrected chi connectivity index (χ0v) is 22.9. The average Bonchev–Trinajstić information content (AvgIpc) is 2.84. The van der Waals surface area contributed by atoms with Gasteiger partial charge in [0.15, 0.2) is 0 Å². The van der Waals surface area contributed by atoms with E-state index < -0.39 is 30.0 Å². The van der Waals surface area contributed by atoms with Crippen LogP contribution < -0.4 is 4.74 Å². The second-order valence-corrected chi connectivity index (χ2v) is 12.1. The van der Waals surface area contributed by atoms with Gasteiger partial charge in [-0.2, -0.15) is 21.8 Å². The third-order valence-corrected chi connectivity index (χ3v) is 8.44. The highest BCUT2D eigenvalue weighted by Gasteiger charge is 2.26. The lowest BCUT2D eigenvalue weighted by molar-refractivity contribution is -0.432. The largest absolute Gasteiger partial charge is 0.492 e. The Labute approximate surface area is 233 Å². The van der Waals surface area contributed by atoms with Crippen LogP contribution in [-0.2, 0) is 36.0 Å². The van der Waals surface area contributed by atoms with Crippen molar-refractivity contribution in [3.8, 4) is 5.75 Å². The van der Waals surface area contributed by atoms with Gasteiger partial charge >= 0.3 is 0 Å². The number of aromatic nitrogens is 3. The number of hydrogen-bond donors (Lipinski definition) is 3. The van der Waals surface area contributed by atoms with Gasteiger partial charge in [0.2, 0.25) is 10.6 Å². The first-order valence-corrected chi connectivity index (χ1v) is 14.8. The van der Waals surface area contributed by atoms with E-state index >= 15 is 0 Å². The lowest BCUT2D eigenvalue weighted by atomic mass is 9.93. The van der Waals surface area contributed by atoms with Crippen molar-refractivity contribution < 1.29 is 45.3 Å². The van der Waals surface area contributed by atoms with Gasteiger partial charge in [0.1, 0.15) is 21.4 Å². The molecule has 5 aromatic rings. The highest BCUT2D eigenvalue weighted by Crippen LogP contribution is 2.46. The highest BCUT2D eigenvalue weighted by molar-refractivity contribution is 7.94. The Bertz CT molecular complexity index is 1950. The van der Waals surface area contributed by atoms with E-state index in [1.54, 1.807) is 12.1 Å². The van der Waals surface area contributed by atoms with Crippen LogP contribution in [0.2, 0.25) is 10.6 Å². The third-order valence-electron chi connectivity index (χ3n) is 5.67. The first kappa shape index (κ1) is 27.9. The number of ether oxygens (including phenoxy) is 1. The van der Waals surface area contributed by atoms with E-state index in [4.69, 9.17) is 33.2 Å². The normalized spacial score (nSPS) is 12.6. The van der Waals surface area contributed by atoms with Gasteiger partial charge in [0.05, 0.1) is 18.6 Å². The summed E-state index contributed by atoms with van der Waals surface area (Å²) in [6.07, 6.45) is 0.0946.